The molecule has 0 unspecified atom stereocenters. The van der Waals surface area contributed by atoms with Gasteiger partial charge in [-0.15, -0.1) is 0 Å². The SMILES string of the molecule is c1ccc(-c2ccc(N(c3ccccc3)c3ccc4c(c3)oc3cc(N(c5ccccc5)c5ccc(-c6ccccc6)cc5)ccc34)cc2)cc1. The molecule has 0 N–H and O–H groups in total. The summed E-state index contributed by atoms with van der Waals surface area (Å²) in [5, 5.41) is 2.18. The highest BCUT2D eigenvalue weighted by molar-refractivity contribution is 6.07. The highest BCUT2D eigenvalue weighted by atomic mass is 16.3. The van der Waals surface area contributed by atoms with Gasteiger partial charge in [0.1, 0.15) is 11.2 Å². The normalized spacial score (nSPS) is 11.1. The fourth-order valence-electron chi connectivity index (χ4n) is 6.95. The summed E-state index contributed by atoms with van der Waals surface area (Å²) in [7, 11) is 0. The van der Waals surface area contributed by atoms with E-state index in [4.69, 9.17) is 4.42 Å². The van der Waals surface area contributed by atoms with E-state index in [9.17, 15) is 0 Å². The van der Waals surface area contributed by atoms with Crippen LogP contribution in [0.3, 0.4) is 0 Å². The first-order valence-corrected chi connectivity index (χ1v) is 17.3. The predicted molar refractivity (Wildman–Crippen MR) is 214 cm³/mol. The Kier molecular flexibility index (Phi) is 7.84. The zero-order chi connectivity index (χ0) is 34.0. The van der Waals surface area contributed by atoms with Crippen LogP contribution in [0.15, 0.2) is 211 Å². The van der Waals surface area contributed by atoms with Crippen molar-refractivity contribution < 1.29 is 4.42 Å². The zero-order valence-corrected chi connectivity index (χ0v) is 27.9. The maximum atomic E-state index is 6.68. The van der Waals surface area contributed by atoms with Crippen LogP contribution in [0.25, 0.3) is 44.2 Å². The molecular weight excluding hydrogens is 621 g/mol. The van der Waals surface area contributed by atoms with Gasteiger partial charge < -0.3 is 14.2 Å². The molecule has 1 heterocycles. The summed E-state index contributed by atoms with van der Waals surface area (Å²) in [6.45, 7) is 0. The molecule has 8 aromatic carbocycles. The largest absolute Gasteiger partial charge is 0.456 e. The van der Waals surface area contributed by atoms with Crippen LogP contribution >= 0.6 is 0 Å². The summed E-state index contributed by atoms with van der Waals surface area (Å²) in [5.41, 5.74) is 12.9. The second-order valence-corrected chi connectivity index (χ2v) is 12.6. The first-order chi connectivity index (χ1) is 25.3. The van der Waals surface area contributed by atoms with Gasteiger partial charge in [0.15, 0.2) is 0 Å². The number of para-hydroxylation sites is 2. The van der Waals surface area contributed by atoms with E-state index in [0.717, 1.165) is 56.1 Å². The Morgan fingerprint density at radius 2 is 0.549 bits per heavy atom. The Labute approximate surface area is 297 Å². The number of nitrogens with zero attached hydrogens (tertiary/aromatic N) is 2. The third-order valence-corrected chi connectivity index (χ3v) is 9.45. The second-order valence-electron chi connectivity index (χ2n) is 12.6. The molecule has 3 nitrogen and oxygen atoms in total. The molecule has 0 aliphatic carbocycles. The molecule has 0 aliphatic heterocycles. The Bertz CT molecular complexity index is 2360. The highest BCUT2D eigenvalue weighted by Crippen LogP contribution is 2.42. The molecule has 0 atom stereocenters. The van der Waals surface area contributed by atoms with Gasteiger partial charge in [0.2, 0.25) is 0 Å². The first kappa shape index (κ1) is 30.2. The van der Waals surface area contributed by atoms with Gasteiger partial charge in [0.05, 0.1) is 0 Å². The lowest BCUT2D eigenvalue weighted by Crippen LogP contribution is -2.09. The molecular formula is C48H34N2O. The van der Waals surface area contributed by atoms with Crippen LogP contribution in [-0.2, 0) is 0 Å². The third kappa shape index (κ3) is 5.92. The fourth-order valence-corrected chi connectivity index (χ4v) is 6.95. The van der Waals surface area contributed by atoms with Crippen LogP contribution in [0.5, 0.6) is 0 Å². The summed E-state index contributed by atoms with van der Waals surface area (Å²) < 4.78 is 6.68. The van der Waals surface area contributed by atoms with Crippen LogP contribution < -0.4 is 9.80 Å². The van der Waals surface area contributed by atoms with Crippen molar-refractivity contribution in [3.8, 4) is 22.3 Å². The molecule has 0 radical (unpaired) electrons. The third-order valence-electron chi connectivity index (χ3n) is 9.45. The average Bonchev–Trinajstić information content (AvgIpc) is 3.57. The second kappa shape index (κ2) is 13.2. The maximum Gasteiger partial charge on any atom is 0.137 e. The molecule has 0 saturated heterocycles. The quantitative estimate of drug-likeness (QED) is 0.163. The van der Waals surface area contributed by atoms with Crippen molar-refractivity contribution >= 4 is 56.1 Å². The van der Waals surface area contributed by atoms with Gasteiger partial charge in [0, 0.05) is 57.0 Å². The van der Waals surface area contributed by atoms with E-state index in [0.29, 0.717) is 0 Å². The Balaban J connectivity index is 1.10. The zero-order valence-electron chi connectivity index (χ0n) is 27.9. The van der Waals surface area contributed by atoms with Crippen molar-refractivity contribution in [1.29, 1.82) is 0 Å². The molecule has 0 amide bonds. The molecule has 1 aromatic heterocycles. The Morgan fingerprint density at radius 3 is 0.922 bits per heavy atom. The molecule has 242 valence electrons. The molecule has 0 aliphatic rings. The minimum atomic E-state index is 0.847. The standard InChI is InChI=1S/C48H34N2O/c1-5-13-35(14-6-1)37-21-25-41(26-22-37)49(39-17-9-3-10-18-39)43-29-31-45-46-32-30-44(34-48(46)51-47(45)33-43)50(40-19-11-4-12-20-40)42-27-23-38(24-28-42)36-15-7-2-8-16-36/h1-34H. The van der Waals surface area contributed by atoms with E-state index in [1.165, 1.54) is 22.3 Å². The van der Waals surface area contributed by atoms with E-state index in [2.05, 4.69) is 204 Å². The van der Waals surface area contributed by atoms with Gasteiger partial charge in [0.25, 0.3) is 0 Å². The van der Waals surface area contributed by atoms with Gasteiger partial charge in [-0.1, -0.05) is 121 Å². The lowest BCUT2D eigenvalue weighted by Gasteiger charge is -2.25. The average molecular weight is 655 g/mol. The monoisotopic (exact) mass is 654 g/mol. The number of hydrogen-bond donors (Lipinski definition) is 0. The van der Waals surface area contributed by atoms with E-state index in [1.54, 1.807) is 0 Å². The first-order valence-electron chi connectivity index (χ1n) is 17.3. The molecule has 51 heavy (non-hydrogen) atoms. The van der Waals surface area contributed by atoms with Crippen molar-refractivity contribution in [3.63, 3.8) is 0 Å². The van der Waals surface area contributed by atoms with Crippen LogP contribution in [0.1, 0.15) is 0 Å². The van der Waals surface area contributed by atoms with E-state index in [-0.39, 0.29) is 0 Å². The molecule has 0 bridgehead atoms. The number of fused-ring (bicyclic) bond motifs is 3. The van der Waals surface area contributed by atoms with E-state index < -0.39 is 0 Å². The minimum absolute atomic E-state index is 0.847. The smallest absolute Gasteiger partial charge is 0.137 e. The van der Waals surface area contributed by atoms with Crippen LogP contribution in [0.2, 0.25) is 0 Å². The number of rotatable bonds is 8. The van der Waals surface area contributed by atoms with Gasteiger partial charge in [-0.25, -0.2) is 0 Å². The number of hydrogen-bond acceptors (Lipinski definition) is 3. The van der Waals surface area contributed by atoms with Crippen molar-refractivity contribution in [1.82, 2.24) is 0 Å². The number of furan rings is 1. The van der Waals surface area contributed by atoms with Gasteiger partial charge >= 0.3 is 0 Å². The minimum Gasteiger partial charge on any atom is -0.456 e. The lowest BCUT2D eigenvalue weighted by molar-refractivity contribution is 0.669. The van der Waals surface area contributed by atoms with Gasteiger partial charge in [-0.05, 0) is 95.1 Å². The maximum absolute atomic E-state index is 6.68. The lowest BCUT2D eigenvalue weighted by atomic mass is 10.0. The fraction of sp³-hybridized carbons (Fsp3) is 0. The summed E-state index contributed by atoms with van der Waals surface area (Å²) in [4.78, 5) is 4.56. The molecule has 3 heteroatoms. The Morgan fingerprint density at radius 1 is 0.255 bits per heavy atom. The highest BCUT2D eigenvalue weighted by Gasteiger charge is 2.18. The van der Waals surface area contributed by atoms with Gasteiger partial charge in [-0.3, -0.25) is 0 Å². The molecule has 9 rings (SSSR count). The number of benzene rings is 8. The van der Waals surface area contributed by atoms with Crippen molar-refractivity contribution in [2.75, 3.05) is 9.80 Å². The number of anilines is 6. The Hall–Kier alpha value is -6.84. The summed E-state index contributed by atoms with van der Waals surface area (Å²) in [5.74, 6) is 0. The van der Waals surface area contributed by atoms with Gasteiger partial charge in [-0.2, -0.15) is 0 Å². The van der Waals surface area contributed by atoms with E-state index in [1.807, 2.05) is 12.1 Å². The van der Waals surface area contributed by atoms with E-state index >= 15 is 0 Å². The molecule has 0 fully saturated rings. The molecule has 9 aromatic rings. The molecule has 0 saturated carbocycles. The van der Waals surface area contributed by atoms with Crippen molar-refractivity contribution in [2.24, 2.45) is 0 Å². The van der Waals surface area contributed by atoms with Crippen LogP contribution in [-0.4, -0.2) is 0 Å². The van der Waals surface area contributed by atoms with Crippen molar-refractivity contribution in [2.45, 2.75) is 0 Å². The summed E-state index contributed by atoms with van der Waals surface area (Å²) in [6, 6.07) is 72.6. The predicted octanol–water partition coefficient (Wildman–Crippen LogP) is 13.9. The summed E-state index contributed by atoms with van der Waals surface area (Å²) in [6.07, 6.45) is 0. The topological polar surface area (TPSA) is 19.6 Å². The summed E-state index contributed by atoms with van der Waals surface area (Å²) >= 11 is 0. The molecule has 0 spiro atoms. The van der Waals surface area contributed by atoms with Crippen LogP contribution in [0, 0.1) is 0 Å². The van der Waals surface area contributed by atoms with Crippen LogP contribution in [0.4, 0.5) is 34.1 Å². The van der Waals surface area contributed by atoms with Crippen molar-refractivity contribution in [3.05, 3.63) is 206 Å².